The molecule has 0 spiro atoms. The van der Waals surface area contributed by atoms with Crippen molar-refractivity contribution >= 4 is 222 Å². The Morgan fingerprint density at radius 1 is 0.123 bits per heavy atom. The molecule has 0 aliphatic rings. The predicted octanol–water partition coefficient (Wildman–Crippen LogP) is 41.5. The summed E-state index contributed by atoms with van der Waals surface area (Å²) in [6.07, 6.45) is 0. The molecule has 5 aromatic heterocycles. The molecule has 5 nitrogen and oxygen atoms in total. The van der Waals surface area contributed by atoms with Gasteiger partial charge in [0.05, 0.1) is 0 Å². The van der Waals surface area contributed by atoms with E-state index in [-0.39, 0.29) is 0 Å². The van der Waals surface area contributed by atoms with Crippen LogP contribution in [-0.4, -0.2) is 0 Å². The number of nitrogens with zero attached hydrogens (tertiary/aromatic N) is 3. The SMILES string of the molecule is c1ccc(-c2ccc(-c3ccc(N(c4ccc5c(c4)oc4ccccc45)c4ccc5c(c4)oc4ccccc45)cc3)c3ccccc23)cc1.c1ccc(-c2ccc(-c3ccc(N(c4ccc5c(c4)sc4ccccc45)c4ccc5c(c4)sc4ccccc45)cc3)c3ccccc23)cc1.c1ccc(-c2ccc(N(c3ccc(-c4cc(-c5ccccc5)cc5ccccc45)cc3)c3ccc4c(c3)sc3ccccc34)cc2)cc1. The van der Waals surface area contributed by atoms with Gasteiger partial charge in [-0.15, -0.1) is 34.0 Å². The lowest BCUT2D eigenvalue weighted by Gasteiger charge is -2.26. The molecule has 0 atom stereocenters. The quantitative estimate of drug-likeness (QED) is 0.0963. The Bertz CT molecular complexity index is 9390. The van der Waals surface area contributed by atoms with Crippen molar-refractivity contribution in [1.82, 2.24) is 0 Å². The topological polar surface area (TPSA) is 36.0 Å². The zero-order chi connectivity index (χ0) is 96.5. The molecule has 29 aromatic rings. The van der Waals surface area contributed by atoms with Crippen LogP contribution in [0, 0.1) is 0 Å². The van der Waals surface area contributed by atoms with E-state index in [1.165, 1.54) is 171 Å². The number of rotatable bonds is 16. The highest BCUT2D eigenvalue weighted by molar-refractivity contribution is 7.26. The maximum absolute atomic E-state index is 6.34. The van der Waals surface area contributed by atoms with Crippen molar-refractivity contribution in [3.8, 4) is 77.9 Å². The molecular weight excluding hydrogens is 1830 g/mol. The van der Waals surface area contributed by atoms with Gasteiger partial charge in [0.15, 0.2) is 0 Å². The van der Waals surface area contributed by atoms with E-state index in [0.29, 0.717) is 0 Å². The first-order valence-electron chi connectivity index (χ1n) is 49.5. The largest absolute Gasteiger partial charge is 0.456 e. The van der Waals surface area contributed by atoms with Gasteiger partial charge in [0.2, 0.25) is 0 Å². The highest BCUT2D eigenvalue weighted by atomic mass is 32.1. The molecule has 146 heavy (non-hydrogen) atoms. The van der Waals surface area contributed by atoms with E-state index in [0.717, 1.165) is 95.1 Å². The van der Waals surface area contributed by atoms with Crippen LogP contribution in [0.4, 0.5) is 51.2 Å². The molecule has 8 heteroatoms. The number of fused-ring (bicyclic) bond motifs is 18. The van der Waals surface area contributed by atoms with Gasteiger partial charge in [0, 0.05) is 145 Å². The fraction of sp³-hybridized carbons (Fsp3) is 0. The summed E-state index contributed by atoms with van der Waals surface area (Å²) in [5.74, 6) is 0. The third-order valence-corrected chi connectivity index (χ3v) is 32.0. The summed E-state index contributed by atoms with van der Waals surface area (Å²) < 4.78 is 20.5. The van der Waals surface area contributed by atoms with Crippen molar-refractivity contribution in [2.75, 3.05) is 14.7 Å². The van der Waals surface area contributed by atoms with E-state index >= 15 is 0 Å². The molecule has 0 saturated heterocycles. The van der Waals surface area contributed by atoms with Gasteiger partial charge in [-0.05, 0) is 262 Å². The first-order valence-corrected chi connectivity index (χ1v) is 52.0. The second kappa shape index (κ2) is 37.3. The standard InChI is InChI=1S/C46H29NO2.C46H29NS2.C46H31NS/c2*1-2-10-30(11-3-1)35-26-27-36(38-13-5-4-12-37(35)38)31-18-20-32(21-19-31)47(33-22-24-41-39-14-6-8-16-43(39)48-45(41)28-33)34-23-25-42-40-15-7-9-17-44(40)49-46(42)29-34;1-3-11-32(12-4-1)34-19-23-38(24-20-34)47(40-27-28-43-42-17-9-10-18-45(42)48-46(43)31-40)39-25-21-35(22-26-39)44-30-37(33-13-5-2-6-14-33)29-36-15-7-8-16-41(36)44/h2*1-29H;1-31H. The molecule has 686 valence electrons. The van der Waals surface area contributed by atoms with Crippen LogP contribution in [0.15, 0.2) is 549 Å². The van der Waals surface area contributed by atoms with Crippen LogP contribution in [0.2, 0.25) is 0 Å². The van der Waals surface area contributed by atoms with Gasteiger partial charge in [0.25, 0.3) is 0 Å². The Labute approximate surface area is 856 Å². The van der Waals surface area contributed by atoms with Crippen LogP contribution in [0.5, 0.6) is 0 Å². The Morgan fingerprint density at radius 3 is 0.719 bits per heavy atom. The van der Waals surface area contributed by atoms with Gasteiger partial charge in [-0.25, -0.2) is 0 Å². The summed E-state index contributed by atoms with van der Waals surface area (Å²) in [4.78, 5) is 7.06. The highest BCUT2D eigenvalue weighted by Crippen LogP contribution is 2.50. The number of furan rings is 2. The summed E-state index contributed by atoms with van der Waals surface area (Å²) in [7, 11) is 0. The van der Waals surface area contributed by atoms with E-state index < -0.39 is 0 Å². The molecule has 0 radical (unpaired) electrons. The van der Waals surface area contributed by atoms with Crippen molar-refractivity contribution < 1.29 is 8.83 Å². The van der Waals surface area contributed by atoms with Gasteiger partial charge in [-0.2, -0.15) is 0 Å². The molecule has 24 aromatic carbocycles. The summed E-state index contributed by atoms with van der Waals surface area (Å²) >= 11 is 5.59. The van der Waals surface area contributed by atoms with Gasteiger partial charge in [0.1, 0.15) is 22.3 Å². The Hall–Kier alpha value is -18.3. The van der Waals surface area contributed by atoms with E-state index in [9.17, 15) is 0 Å². The molecule has 0 aliphatic heterocycles. The summed E-state index contributed by atoms with van der Waals surface area (Å²) in [6.45, 7) is 0. The van der Waals surface area contributed by atoms with E-state index in [4.69, 9.17) is 8.83 Å². The maximum Gasteiger partial charge on any atom is 0.137 e. The van der Waals surface area contributed by atoms with Crippen molar-refractivity contribution in [1.29, 1.82) is 0 Å². The van der Waals surface area contributed by atoms with Gasteiger partial charge in [-0.1, -0.05) is 376 Å². The minimum absolute atomic E-state index is 0.857. The highest BCUT2D eigenvalue weighted by Gasteiger charge is 2.25. The van der Waals surface area contributed by atoms with E-state index in [2.05, 4.69) is 530 Å². The van der Waals surface area contributed by atoms with Crippen molar-refractivity contribution in [2.45, 2.75) is 0 Å². The minimum atomic E-state index is 0.857. The first kappa shape index (κ1) is 86.8. The summed E-state index contributed by atoms with van der Waals surface area (Å²) in [5.41, 5.74) is 30.5. The minimum Gasteiger partial charge on any atom is -0.456 e. The molecule has 0 bridgehead atoms. The molecule has 0 aliphatic carbocycles. The zero-order valence-corrected chi connectivity index (χ0v) is 81.7. The molecule has 0 fully saturated rings. The lowest BCUT2D eigenvalue weighted by Crippen LogP contribution is -2.09. The van der Waals surface area contributed by atoms with Gasteiger partial charge in [-0.3, -0.25) is 0 Å². The summed E-state index contributed by atoms with van der Waals surface area (Å²) in [6, 6.07) is 195. The van der Waals surface area contributed by atoms with Crippen molar-refractivity contribution in [3.05, 3.63) is 540 Å². The second-order valence-corrected chi connectivity index (χ2v) is 40.5. The number of anilines is 9. The normalized spacial score (nSPS) is 11.6. The molecule has 0 saturated carbocycles. The third kappa shape index (κ3) is 16.1. The van der Waals surface area contributed by atoms with Gasteiger partial charge < -0.3 is 23.5 Å². The lowest BCUT2D eigenvalue weighted by molar-refractivity contribution is 0.669. The van der Waals surface area contributed by atoms with Crippen LogP contribution in [0.25, 0.3) is 215 Å². The van der Waals surface area contributed by atoms with Crippen LogP contribution in [-0.2, 0) is 0 Å². The van der Waals surface area contributed by atoms with Crippen LogP contribution < -0.4 is 14.7 Å². The van der Waals surface area contributed by atoms with Crippen LogP contribution >= 0.6 is 34.0 Å². The van der Waals surface area contributed by atoms with E-state index in [1.54, 1.807) is 0 Å². The van der Waals surface area contributed by atoms with Crippen molar-refractivity contribution in [3.63, 3.8) is 0 Å². The zero-order valence-electron chi connectivity index (χ0n) is 79.3. The average molecular weight is 1920 g/mol. The molecule has 0 unspecified atom stereocenters. The predicted molar refractivity (Wildman–Crippen MR) is 627 cm³/mol. The maximum atomic E-state index is 6.34. The molecule has 5 heterocycles. The molecule has 29 rings (SSSR count). The van der Waals surface area contributed by atoms with Gasteiger partial charge >= 0.3 is 0 Å². The fourth-order valence-electron chi connectivity index (χ4n) is 21.6. The Kier molecular flexibility index (Phi) is 22.2. The monoisotopic (exact) mass is 1920 g/mol. The average Bonchev–Trinajstić information content (AvgIpc) is 1.07. The van der Waals surface area contributed by atoms with Crippen molar-refractivity contribution in [2.24, 2.45) is 0 Å². The molecule has 0 amide bonds. The first-order chi connectivity index (χ1) is 72.3. The second-order valence-electron chi connectivity index (χ2n) is 37.2. The number of benzene rings is 24. The van der Waals surface area contributed by atoms with Crippen LogP contribution in [0.1, 0.15) is 0 Å². The Balaban J connectivity index is 0.000000109. The number of hydrogen-bond acceptors (Lipinski definition) is 8. The molecular formula is C138H89N3O2S3. The number of para-hydroxylation sites is 2. The lowest BCUT2D eigenvalue weighted by atomic mass is 9.92. The number of thiophene rings is 3. The number of hydrogen-bond donors (Lipinski definition) is 0. The fourth-order valence-corrected chi connectivity index (χ4v) is 25.0. The summed E-state index contributed by atoms with van der Waals surface area (Å²) in [5, 5.41) is 19.8. The third-order valence-electron chi connectivity index (χ3n) is 28.6. The molecule has 0 N–H and O–H groups in total. The Morgan fingerprint density at radius 2 is 0.356 bits per heavy atom. The smallest absolute Gasteiger partial charge is 0.137 e. The van der Waals surface area contributed by atoms with E-state index in [1.807, 2.05) is 58.3 Å². The van der Waals surface area contributed by atoms with Crippen LogP contribution in [0.3, 0.4) is 0 Å².